The Morgan fingerprint density at radius 1 is 1.40 bits per heavy atom. The second-order valence-electron chi connectivity index (χ2n) is 3.76. The van der Waals surface area contributed by atoms with Crippen LogP contribution in [0.15, 0.2) is 28.5 Å². The predicted molar refractivity (Wildman–Crippen MR) is 71.3 cm³/mol. The third-order valence-corrected chi connectivity index (χ3v) is 5.36. The second-order valence-corrected chi connectivity index (χ2v) is 6.84. The van der Waals surface area contributed by atoms with Crippen LogP contribution in [0.4, 0.5) is 5.69 Å². The van der Waals surface area contributed by atoms with Crippen LogP contribution in [0.5, 0.6) is 0 Å². The van der Waals surface area contributed by atoms with Gasteiger partial charge in [-0.25, -0.2) is 8.42 Å². The van der Waals surface area contributed by atoms with Crippen LogP contribution in [0.2, 0.25) is 0 Å². The lowest BCUT2D eigenvalue weighted by atomic mass is 10.2. The van der Waals surface area contributed by atoms with Gasteiger partial charge in [-0.3, -0.25) is 14.9 Å². The summed E-state index contributed by atoms with van der Waals surface area (Å²) in [6, 6.07) is 5.27. The minimum atomic E-state index is -3.93. The standard InChI is InChI=1S/C10H8N2O6S2/c13-9(14)5-11-20(17,18)10-4-6-3-7(12(15)16)1-2-8(6)19-10/h1-4,11H,5H2,(H,13,14). The van der Waals surface area contributed by atoms with Crippen LogP contribution in [-0.4, -0.2) is 31.0 Å². The van der Waals surface area contributed by atoms with Gasteiger partial charge in [0.25, 0.3) is 15.7 Å². The maximum atomic E-state index is 11.8. The van der Waals surface area contributed by atoms with E-state index in [0.717, 1.165) is 11.3 Å². The molecule has 106 valence electrons. The van der Waals surface area contributed by atoms with Gasteiger partial charge in [0.2, 0.25) is 0 Å². The number of non-ortho nitro benzene ring substituents is 1. The van der Waals surface area contributed by atoms with Crippen LogP contribution < -0.4 is 4.72 Å². The lowest BCUT2D eigenvalue weighted by Crippen LogP contribution is -2.28. The summed E-state index contributed by atoms with van der Waals surface area (Å²) >= 11 is 0.910. The van der Waals surface area contributed by atoms with Gasteiger partial charge in [0, 0.05) is 22.2 Å². The molecule has 0 aliphatic heterocycles. The molecule has 0 saturated carbocycles. The highest BCUT2D eigenvalue weighted by atomic mass is 32.2. The van der Waals surface area contributed by atoms with E-state index in [0.29, 0.717) is 10.1 Å². The monoisotopic (exact) mass is 316 g/mol. The molecule has 0 radical (unpaired) electrons. The Morgan fingerprint density at radius 3 is 2.70 bits per heavy atom. The van der Waals surface area contributed by atoms with Gasteiger partial charge in [0.05, 0.1) is 4.92 Å². The van der Waals surface area contributed by atoms with E-state index in [1.54, 1.807) is 0 Å². The quantitative estimate of drug-likeness (QED) is 0.629. The number of nitro groups is 1. The first-order valence-corrected chi connectivity index (χ1v) is 7.49. The first-order chi connectivity index (χ1) is 9.29. The molecule has 0 aliphatic rings. The molecule has 20 heavy (non-hydrogen) atoms. The normalized spacial score (nSPS) is 11.6. The van der Waals surface area contributed by atoms with Gasteiger partial charge in [-0.1, -0.05) is 0 Å². The molecule has 0 atom stereocenters. The summed E-state index contributed by atoms with van der Waals surface area (Å²) < 4.78 is 26.0. The lowest BCUT2D eigenvalue weighted by Gasteiger charge is -2.00. The molecule has 0 aliphatic carbocycles. The molecule has 1 aromatic carbocycles. The van der Waals surface area contributed by atoms with E-state index in [1.807, 2.05) is 4.72 Å². The van der Waals surface area contributed by atoms with Crippen molar-refractivity contribution in [3.05, 3.63) is 34.4 Å². The summed E-state index contributed by atoms with van der Waals surface area (Å²) in [6.07, 6.45) is 0. The molecule has 0 fully saturated rings. The number of rotatable bonds is 5. The highest BCUT2D eigenvalue weighted by molar-refractivity contribution is 7.91. The molecule has 0 spiro atoms. The number of carboxylic acids is 1. The number of hydrogen-bond acceptors (Lipinski definition) is 6. The van der Waals surface area contributed by atoms with Crippen molar-refractivity contribution >= 4 is 43.1 Å². The minimum Gasteiger partial charge on any atom is -0.480 e. The van der Waals surface area contributed by atoms with Gasteiger partial charge in [-0.05, 0) is 12.1 Å². The topological polar surface area (TPSA) is 127 Å². The molecule has 8 nitrogen and oxygen atoms in total. The zero-order valence-corrected chi connectivity index (χ0v) is 11.4. The van der Waals surface area contributed by atoms with Gasteiger partial charge in [0.15, 0.2) is 0 Å². The lowest BCUT2D eigenvalue weighted by molar-refractivity contribution is -0.384. The van der Waals surface area contributed by atoms with Gasteiger partial charge in [0.1, 0.15) is 10.8 Å². The maximum Gasteiger partial charge on any atom is 0.318 e. The molecule has 0 bridgehead atoms. The van der Waals surface area contributed by atoms with Crippen molar-refractivity contribution in [3.8, 4) is 0 Å². The van der Waals surface area contributed by atoms with Crippen molar-refractivity contribution in [3.63, 3.8) is 0 Å². The van der Waals surface area contributed by atoms with E-state index in [1.165, 1.54) is 24.3 Å². The fourth-order valence-corrected chi connectivity index (χ4v) is 3.88. The number of nitrogens with zero attached hydrogens (tertiary/aromatic N) is 1. The molecule has 0 amide bonds. The smallest absolute Gasteiger partial charge is 0.318 e. The molecular formula is C10H8N2O6S2. The Labute approximate surface area is 116 Å². The van der Waals surface area contributed by atoms with Crippen molar-refractivity contribution in [2.75, 3.05) is 6.54 Å². The third kappa shape index (κ3) is 2.92. The molecule has 2 rings (SSSR count). The van der Waals surface area contributed by atoms with E-state index in [2.05, 4.69) is 0 Å². The Kier molecular flexibility index (Phi) is 3.70. The molecule has 2 aromatic rings. The zero-order valence-electron chi connectivity index (χ0n) is 9.77. The number of aliphatic carboxylic acids is 1. The molecular weight excluding hydrogens is 308 g/mol. The predicted octanol–water partition coefficient (Wildman–Crippen LogP) is 1.17. The Morgan fingerprint density at radius 2 is 2.10 bits per heavy atom. The first-order valence-electron chi connectivity index (χ1n) is 5.19. The number of carboxylic acid groups (broad SMARTS) is 1. The van der Waals surface area contributed by atoms with Crippen molar-refractivity contribution in [2.24, 2.45) is 0 Å². The maximum absolute atomic E-state index is 11.8. The van der Waals surface area contributed by atoms with E-state index in [-0.39, 0.29) is 9.90 Å². The average molecular weight is 316 g/mol. The van der Waals surface area contributed by atoms with Crippen LogP contribution in [0.25, 0.3) is 10.1 Å². The summed E-state index contributed by atoms with van der Waals surface area (Å²) in [7, 11) is -3.93. The summed E-state index contributed by atoms with van der Waals surface area (Å²) in [5.74, 6) is -1.30. The fraction of sp³-hybridized carbons (Fsp3) is 0.100. The van der Waals surface area contributed by atoms with Crippen molar-refractivity contribution in [2.45, 2.75) is 4.21 Å². The van der Waals surface area contributed by atoms with Crippen molar-refractivity contribution < 1.29 is 23.2 Å². The minimum absolute atomic E-state index is 0.0887. The van der Waals surface area contributed by atoms with Gasteiger partial charge in [-0.15, -0.1) is 11.3 Å². The number of carbonyl (C=O) groups is 1. The second kappa shape index (κ2) is 5.15. The zero-order chi connectivity index (χ0) is 14.9. The summed E-state index contributed by atoms with van der Waals surface area (Å²) in [5, 5.41) is 19.5. The largest absolute Gasteiger partial charge is 0.480 e. The highest BCUT2D eigenvalue weighted by Gasteiger charge is 2.19. The van der Waals surface area contributed by atoms with E-state index in [9.17, 15) is 23.3 Å². The van der Waals surface area contributed by atoms with Crippen molar-refractivity contribution in [1.82, 2.24) is 4.72 Å². The van der Waals surface area contributed by atoms with Crippen LogP contribution in [0, 0.1) is 10.1 Å². The summed E-state index contributed by atoms with van der Waals surface area (Å²) in [5.41, 5.74) is -0.141. The third-order valence-electron chi connectivity index (χ3n) is 2.37. The SMILES string of the molecule is O=C(O)CNS(=O)(=O)c1cc2cc([N+](=O)[O-])ccc2s1. The molecule has 2 N–H and O–H groups in total. The van der Waals surface area contributed by atoms with E-state index < -0.39 is 27.5 Å². The van der Waals surface area contributed by atoms with Crippen LogP contribution in [0.3, 0.4) is 0 Å². The summed E-state index contributed by atoms with van der Waals surface area (Å²) in [4.78, 5) is 20.4. The molecule has 0 saturated heterocycles. The molecule has 10 heteroatoms. The van der Waals surface area contributed by atoms with Gasteiger partial charge < -0.3 is 5.11 Å². The number of hydrogen-bond donors (Lipinski definition) is 2. The summed E-state index contributed by atoms with van der Waals surface area (Å²) in [6.45, 7) is -0.725. The Bertz CT molecular complexity index is 795. The van der Waals surface area contributed by atoms with Crippen LogP contribution in [-0.2, 0) is 14.8 Å². The Balaban J connectivity index is 2.41. The number of benzene rings is 1. The Hall–Kier alpha value is -2.04. The van der Waals surface area contributed by atoms with Crippen LogP contribution in [0.1, 0.15) is 0 Å². The first kappa shape index (κ1) is 14.4. The molecule has 0 unspecified atom stereocenters. The number of fused-ring (bicyclic) bond motifs is 1. The number of nitrogens with one attached hydrogen (secondary N) is 1. The molecule has 1 heterocycles. The van der Waals surface area contributed by atoms with E-state index in [4.69, 9.17) is 5.11 Å². The fourth-order valence-electron chi connectivity index (χ4n) is 1.48. The van der Waals surface area contributed by atoms with Crippen molar-refractivity contribution in [1.29, 1.82) is 0 Å². The van der Waals surface area contributed by atoms with Gasteiger partial charge in [-0.2, -0.15) is 4.72 Å². The number of sulfonamides is 1. The number of thiophene rings is 1. The van der Waals surface area contributed by atoms with E-state index >= 15 is 0 Å². The average Bonchev–Trinajstić information content (AvgIpc) is 2.80. The molecule has 1 aromatic heterocycles. The highest BCUT2D eigenvalue weighted by Crippen LogP contribution is 2.31. The van der Waals surface area contributed by atoms with Crippen LogP contribution >= 0.6 is 11.3 Å². The number of nitro benzene ring substituents is 1. The van der Waals surface area contributed by atoms with Gasteiger partial charge >= 0.3 is 5.97 Å².